The highest BCUT2D eigenvalue weighted by molar-refractivity contribution is 8.00. The van der Waals surface area contributed by atoms with Gasteiger partial charge in [0, 0.05) is 21.5 Å². The van der Waals surface area contributed by atoms with E-state index in [0.717, 1.165) is 11.3 Å². The maximum Gasteiger partial charge on any atom is 0.338 e. The minimum Gasteiger partial charge on any atom is -0.490 e. The predicted octanol–water partition coefficient (Wildman–Crippen LogP) is 5.48. The molecular formula is C33H28ClN3O8S2. The number of carbonyl (C=O) groups excluding carboxylic acids is 4. The summed E-state index contributed by atoms with van der Waals surface area (Å²) in [5.74, 6) is -2.42. The fraction of sp³-hybridized carbons (Fsp3) is 0.242. The summed E-state index contributed by atoms with van der Waals surface area (Å²) in [5.41, 5.74) is 1.91. The lowest BCUT2D eigenvalue weighted by Crippen LogP contribution is -2.32. The topological polar surface area (TPSA) is 144 Å². The van der Waals surface area contributed by atoms with Gasteiger partial charge in [-0.2, -0.15) is 0 Å². The zero-order chi connectivity index (χ0) is 33.2. The first-order valence-corrected chi connectivity index (χ1v) is 16.8. The molecule has 0 aliphatic carbocycles. The van der Waals surface area contributed by atoms with Gasteiger partial charge in [0.1, 0.15) is 5.25 Å². The Labute approximate surface area is 282 Å². The Bertz CT molecular complexity index is 1910. The molecule has 47 heavy (non-hydrogen) atoms. The zero-order valence-corrected chi connectivity index (χ0v) is 27.5. The van der Waals surface area contributed by atoms with Gasteiger partial charge in [0.15, 0.2) is 18.1 Å². The average molecular weight is 694 g/mol. The molecule has 3 heterocycles. The van der Waals surface area contributed by atoms with Crippen LogP contribution in [0.1, 0.15) is 40.6 Å². The van der Waals surface area contributed by atoms with Crippen LogP contribution in [0.15, 0.2) is 76.6 Å². The minimum atomic E-state index is -0.788. The van der Waals surface area contributed by atoms with Crippen LogP contribution in [0.5, 0.6) is 11.5 Å². The van der Waals surface area contributed by atoms with E-state index < -0.39 is 29.0 Å². The Kier molecular flexibility index (Phi) is 9.39. The lowest BCUT2D eigenvalue weighted by atomic mass is 9.83. The van der Waals surface area contributed by atoms with Gasteiger partial charge < -0.3 is 24.5 Å². The number of amides is 3. The molecule has 2 aliphatic rings. The maximum absolute atomic E-state index is 14.0. The van der Waals surface area contributed by atoms with E-state index in [-0.39, 0.29) is 36.5 Å². The molecule has 0 radical (unpaired) electrons. The quantitative estimate of drug-likeness (QED) is 0.163. The number of thiazole rings is 1. The number of nitrogens with one attached hydrogen (secondary N) is 2. The lowest BCUT2D eigenvalue weighted by Gasteiger charge is -2.30. The number of anilines is 2. The lowest BCUT2D eigenvalue weighted by molar-refractivity contribution is -0.122. The summed E-state index contributed by atoms with van der Waals surface area (Å²) in [6.07, 6.45) is 0. The van der Waals surface area contributed by atoms with Gasteiger partial charge in [-0.3, -0.25) is 19.2 Å². The van der Waals surface area contributed by atoms with Crippen LogP contribution in [0.2, 0.25) is 5.02 Å². The van der Waals surface area contributed by atoms with Crippen molar-refractivity contribution in [3.8, 4) is 11.5 Å². The molecule has 1 saturated heterocycles. The van der Waals surface area contributed by atoms with Crippen LogP contribution in [0.3, 0.4) is 0 Å². The van der Waals surface area contributed by atoms with E-state index in [9.17, 15) is 24.0 Å². The molecule has 0 spiro atoms. The molecule has 3 aromatic carbocycles. The molecule has 2 N–H and O–H groups in total. The van der Waals surface area contributed by atoms with E-state index >= 15 is 0 Å². The van der Waals surface area contributed by atoms with Crippen LogP contribution in [0.25, 0.3) is 0 Å². The van der Waals surface area contributed by atoms with Gasteiger partial charge in [-0.15, -0.1) is 0 Å². The molecule has 2 aliphatic heterocycles. The maximum atomic E-state index is 14.0. The van der Waals surface area contributed by atoms with Crippen LogP contribution in [-0.4, -0.2) is 53.7 Å². The first kappa shape index (κ1) is 32.4. The van der Waals surface area contributed by atoms with Crippen molar-refractivity contribution in [1.82, 2.24) is 4.98 Å². The van der Waals surface area contributed by atoms with Crippen molar-refractivity contribution >= 4 is 69.8 Å². The molecule has 4 aromatic rings. The Morgan fingerprint density at radius 3 is 2.36 bits per heavy atom. The summed E-state index contributed by atoms with van der Waals surface area (Å²) in [6, 6.07) is 17.9. The van der Waals surface area contributed by atoms with Crippen LogP contribution in [0, 0.1) is 5.92 Å². The number of carbonyl (C=O) groups is 4. The molecule has 6 rings (SSSR count). The van der Waals surface area contributed by atoms with Gasteiger partial charge in [-0.05, 0) is 80.1 Å². The van der Waals surface area contributed by atoms with Crippen LogP contribution >= 0.6 is 34.7 Å². The molecule has 242 valence electrons. The van der Waals surface area contributed by atoms with Crippen molar-refractivity contribution in [2.24, 2.45) is 5.92 Å². The Morgan fingerprint density at radius 2 is 1.66 bits per heavy atom. The molecule has 3 unspecified atom stereocenters. The number of hydrogen-bond donors (Lipinski definition) is 2. The molecule has 11 nitrogen and oxygen atoms in total. The van der Waals surface area contributed by atoms with Gasteiger partial charge in [-0.25, -0.2) is 9.69 Å². The third-order valence-corrected chi connectivity index (χ3v) is 10.2. The Morgan fingerprint density at radius 1 is 0.915 bits per heavy atom. The second-order valence-electron chi connectivity index (χ2n) is 10.5. The fourth-order valence-corrected chi connectivity index (χ4v) is 8.21. The van der Waals surface area contributed by atoms with E-state index in [1.807, 2.05) is 0 Å². The number of rotatable bonds is 10. The van der Waals surface area contributed by atoms with E-state index in [1.165, 1.54) is 16.7 Å². The first-order valence-electron chi connectivity index (χ1n) is 14.7. The van der Waals surface area contributed by atoms with Crippen molar-refractivity contribution in [1.29, 1.82) is 0 Å². The fourth-order valence-electron chi connectivity index (χ4n) is 5.57. The molecule has 1 fully saturated rings. The number of benzene rings is 3. The normalized spacial score (nSPS) is 18.4. The van der Waals surface area contributed by atoms with Gasteiger partial charge in [0.25, 0.3) is 5.91 Å². The number of hydrogen-bond acceptors (Lipinski definition) is 10. The van der Waals surface area contributed by atoms with E-state index in [2.05, 4.69) is 10.3 Å². The molecule has 3 amide bonds. The van der Waals surface area contributed by atoms with E-state index in [1.54, 1.807) is 80.6 Å². The second kappa shape index (κ2) is 13.6. The van der Waals surface area contributed by atoms with E-state index in [4.69, 9.17) is 25.8 Å². The van der Waals surface area contributed by atoms with Crippen LogP contribution < -0.4 is 24.6 Å². The van der Waals surface area contributed by atoms with Crippen molar-refractivity contribution in [2.45, 2.75) is 30.0 Å². The average Bonchev–Trinajstić information content (AvgIpc) is 3.55. The molecule has 0 bridgehead atoms. The Hall–Kier alpha value is -4.59. The Balaban J connectivity index is 1.24. The number of nitrogens with zero attached hydrogens (tertiary/aromatic N) is 1. The van der Waals surface area contributed by atoms with Crippen LogP contribution in [-0.2, 0) is 19.1 Å². The second-order valence-corrected chi connectivity index (χ2v) is 13.1. The van der Waals surface area contributed by atoms with Gasteiger partial charge in [0.2, 0.25) is 11.8 Å². The monoisotopic (exact) mass is 693 g/mol. The summed E-state index contributed by atoms with van der Waals surface area (Å²) in [5, 5.41) is 2.99. The summed E-state index contributed by atoms with van der Waals surface area (Å²) in [4.78, 5) is 69.1. The highest BCUT2D eigenvalue weighted by Gasteiger charge is 2.56. The molecule has 14 heteroatoms. The van der Waals surface area contributed by atoms with Crippen molar-refractivity contribution in [2.75, 3.05) is 30.0 Å². The van der Waals surface area contributed by atoms with Crippen molar-refractivity contribution < 1.29 is 33.4 Å². The number of ether oxygens (including phenoxy) is 3. The largest absolute Gasteiger partial charge is 0.490 e. The number of H-pyrrole nitrogens is 1. The number of esters is 1. The number of imide groups is 1. The summed E-state index contributed by atoms with van der Waals surface area (Å²) in [7, 11) is 0. The summed E-state index contributed by atoms with van der Waals surface area (Å²) in [6.45, 7) is 3.73. The molecular weight excluding hydrogens is 666 g/mol. The van der Waals surface area contributed by atoms with Crippen molar-refractivity contribution in [3.05, 3.63) is 97.4 Å². The van der Waals surface area contributed by atoms with Gasteiger partial charge >= 0.3 is 10.8 Å². The third-order valence-electron chi connectivity index (χ3n) is 7.57. The smallest absolute Gasteiger partial charge is 0.338 e. The molecule has 3 atom stereocenters. The number of aromatic nitrogens is 1. The van der Waals surface area contributed by atoms with Gasteiger partial charge in [0.05, 0.1) is 35.4 Å². The number of halogens is 1. The SMILES string of the molecule is CCOC(=O)c1ccc(NC(=O)COc2ccc(C3c4sc(=O)[nH]c4SC4C(=O)N(c5ccc(Cl)cc5)C(=O)C43)cc2OCC)cc1. The number of aromatic amines is 1. The zero-order valence-electron chi connectivity index (χ0n) is 25.1. The van der Waals surface area contributed by atoms with Gasteiger partial charge in [-0.1, -0.05) is 40.8 Å². The highest BCUT2D eigenvalue weighted by Crippen LogP contribution is 2.53. The number of thioether (sulfide) groups is 1. The summed E-state index contributed by atoms with van der Waals surface area (Å²) < 4.78 is 16.7. The molecule has 1 aromatic heterocycles. The number of fused-ring (bicyclic) bond motifs is 2. The van der Waals surface area contributed by atoms with E-state index in [0.29, 0.717) is 48.9 Å². The van der Waals surface area contributed by atoms with Crippen molar-refractivity contribution in [3.63, 3.8) is 0 Å². The third kappa shape index (κ3) is 6.51. The first-order chi connectivity index (χ1) is 22.7. The minimum absolute atomic E-state index is 0.260. The standard InChI is InChI=1S/C33H28ClN3O8S2/c1-3-43-23-15-18(7-14-22(23)45-16-24(38)35-20-10-5-17(6-11-20)32(41)44-4-2)25-26-28(46-29-27(25)47-33(42)36-29)31(40)37(30(26)39)21-12-8-19(34)9-13-21/h5-15,25-26,28H,3-4,16H2,1-2H3,(H,35,38)(H,36,42). The highest BCUT2D eigenvalue weighted by atomic mass is 35.5. The summed E-state index contributed by atoms with van der Waals surface area (Å²) >= 11 is 8.24. The van der Waals surface area contributed by atoms with Crippen LogP contribution in [0.4, 0.5) is 11.4 Å². The molecule has 0 saturated carbocycles. The predicted molar refractivity (Wildman–Crippen MR) is 178 cm³/mol.